The van der Waals surface area contributed by atoms with Crippen molar-refractivity contribution in [1.29, 1.82) is 0 Å². The zero-order valence-electron chi connectivity index (χ0n) is 18.6. The number of hydrogen-bond donors (Lipinski definition) is 0. The van der Waals surface area contributed by atoms with E-state index in [-0.39, 0.29) is 5.69 Å². The first-order chi connectivity index (χ1) is 16.1. The van der Waals surface area contributed by atoms with Crippen molar-refractivity contribution in [3.8, 4) is 22.3 Å². The lowest BCUT2D eigenvalue weighted by Gasteiger charge is -2.10. The van der Waals surface area contributed by atoms with Crippen LogP contribution in [0.1, 0.15) is 25.1 Å². The molecule has 4 heterocycles. The summed E-state index contributed by atoms with van der Waals surface area (Å²) in [6.07, 6.45) is 6.87. The third kappa shape index (κ3) is 4.54. The number of aromatic nitrogens is 6. The minimum Gasteiger partial charge on any atom is -0.265 e. The molecule has 0 bridgehead atoms. The van der Waals surface area contributed by atoms with Gasteiger partial charge in [-0.2, -0.15) is 9.61 Å². The molecular formula is C25H23ClN6O. The molecule has 0 radical (unpaired) electrons. The van der Waals surface area contributed by atoms with Crippen LogP contribution in [0.2, 0.25) is 5.02 Å². The molecule has 4 aromatic heterocycles. The van der Waals surface area contributed by atoms with Crippen LogP contribution in [0.5, 0.6) is 0 Å². The van der Waals surface area contributed by atoms with Crippen LogP contribution < -0.4 is 5.69 Å². The highest BCUT2D eigenvalue weighted by atomic mass is 35.5. The van der Waals surface area contributed by atoms with Gasteiger partial charge in [0, 0.05) is 40.4 Å². The minimum atomic E-state index is -0.312. The molecule has 166 valence electrons. The number of pyridine rings is 2. The number of halogens is 1. The predicted octanol–water partition coefficient (Wildman–Crippen LogP) is 5.05. The molecule has 1 aromatic carbocycles. The fourth-order valence-electron chi connectivity index (χ4n) is 3.48. The van der Waals surface area contributed by atoms with E-state index in [2.05, 4.69) is 20.2 Å². The molecule has 0 aliphatic heterocycles. The second-order valence-electron chi connectivity index (χ2n) is 7.16. The van der Waals surface area contributed by atoms with Gasteiger partial charge in [0.05, 0.1) is 12.7 Å². The van der Waals surface area contributed by atoms with Gasteiger partial charge in [-0.25, -0.2) is 9.48 Å². The van der Waals surface area contributed by atoms with Gasteiger partial charge in [0.2, 0.25) is 0 Å². The van der Waals surface area contributed by atoms with E-state index in [1.807, 2.05) is 69.3 Å². The van der Waals surface area contributed by atoms with Gasteiger partial charge in [-0.1, -0.05) is 43.6 Å². The molecule has 5 rings (SSSR count). The van der Waals surface area contributed by atoms with E-state index in [0.29, 0.717) is 17.2 Å². The number of nitrogens with zero attached hydrogens (tertiary/aromatic N) is 6. The van der Waals surface area contributed by atoms with E-state index in [9.17, 15) is 4.79 Å². The first-order valence-electron chi connectivity index (χ1n) is 10.7. The standard InChI is InChI=1S/C23H17ClN6O.C2H6/c1-15-2-3-16(12-26-15)14-29-23(31)30-22(28-29)21(18-8-10-25-11-9-18)20(13-27-30)17-4-6-19(24)7-5-17;1-2/h2-13H,14H2,1H3;1-2H3. The van der Waals surface area contributed by atoms with Gasteiger partial charge in [-0.15, -0.1) is 5.10 Å². The summed E-state index contributed by atoms with van der Waals surface area (Å²) in [6, 6.07) is 15.1. The normalized spacial score (nSPS) is 10.7. The molecule has 0 unspecified atom stereocenters. The second-order valence-corrected chi connectivity index (χ2v) is 7.60. The molecule has 8 heteroatoms. The fraction of sp³-hybridized carbons (Fsp3) is 0.160. The van der Waals surface area contributed by atoms with Crippen molar-refractivity contribution in [3.05, 3.63) is 100 Å². The van der Waals surface area contributed by atoms with Crippen LogP contribution >= 0.6 is 11.6 Å². The van der Waals surface area contributed by atoms with Crippen LogP contribution in [-0.4, -0.2) is 29.4 Å². The zero-order chi connectivity index (χ0) is 23.4. The highest BCUT2D eigenvalue weighted by Gasteiger charge is 2.18. The van der Waals surface area contributed by atoms with Gasteiger partial charge < -0.3 is 0 Å². The Balaban J connectivity index is 0.00000126. The quantitative estimate of drug-likeness (QED) is 0.376. The first-order valence-corrected chi connectivity index (χ1v) is 11.0. The van der Waals surface area contributed by atoms with Gasteiger partial charge in [0.15, 0.2) is 5.65 Å². The Labute approximate surface area is 196 Å². The molecule has 0 saturated heterocycles. The van der Waals surface area contributed by atoms with E-state index in [4.69, 9.17) is 11.6 Å². The molecule has 0 aliphatic rings. The number of fused-ring (bicyclic) bond motifs is 1. The maximum absolute atomic E-state index is 13.0. The molecular weight excluding hydrogens is 436 g/mol. The lowest BCUT2D eigenvalue weighted by molar-refractivity contribution is 0.648. The summed E-state index contributed by atoms with van der Waals surface area (Å²) in [5.41, 5.74) is 5.44. The van der Waals surface area contributed by atoms with E-state index in [1.165, 1.54) is 9.20 Å². The van der Waals surface area contributed by atoms with Gasteiger partial charge >= 0.3 is 5.69 Å². The van der Waals surface area contributed by atoms with Crippen molar-refractivity contribution < 1.29 is 0 Å². The summed E-state index contributed by atoms with van der Waals surface area (Å²) in [5.74, 6) is 0. The summed E-state index contributed by atoms with van der Waals surface area (Å²) in [6.45, 7) is 6.23. The van der Waals surface area contributed by atoms with Gasteiger partial charge in [-0.3, -0.25) is 9.97 Å². The Morgan fingerprint density at radius 2 is 1.64 bits per heavy atom. The SMILES string of the molecule is CC.Cc1ccc(Cn2nc3c(-c4ccncc4)c(-c4ccc(Cl)cc4)cnn3c2=O)cn1. The van der Waals surface area contributed by atoms with E-state index in [1.54, 1.807) is 24.8 Å². The third-order valence-electron chi connectivity index (χ3n) is 5.04. The third-order valence-corrected chi connectivity index (χ3v) is 5.29. The average molecular weight is 459 g/mol. The fourth-order valence-corrected chi connectivity index (χ4v) is 3.61. The van der Waals surface area contributed by atoms with Crippen LogP contribution in [-0.2, 0) is 6.54 Å². The maximum Gasteiger partial charge on any atom is 0.367 e. The van der Waals surface area contributed by atoms with Crippen LogP contribution in [0.15, 0.2) is 78.1 Å². The second kappa shape index (κ2) is 9.75. The Kier molecular flexibility index (Phi) is 6.60. The van der Waals surface area contributed by atoms with Crippen LogP contribution in [0.3, 0.4) is 0 Å². The molecule has 0 fully saturated rings. The van der Waals surface area contributed by atoms with E-state index in [0.717, 1.165) is 33.5 Å². The van der Waals surface area contributed by atoms with Crippen molar-refractivity contribution in [2.24, 2.45) is 0 Å². The highest BCUT2D eigenvalue weighted by molar-refractivity contribution is 6.30. The largest absolute Gasteiger partial charge is 0.367 e. The molecule has 33 heavy (non-hydrogen) atoms. The summed E-state index contributed by atoms with van der Waals surface area (Å²) < 4.78 is 2.74. The summed E-state index contributed by atoms with van der Waals surface area (Å²) in [5, 5.41) is 9.69. The zero-order valence-corrected chi connectivity index (χ0v) is 19.4. The highest BCUT2D eigenvalue weighted by Crippen LogP contribution is 2.34. The Hall–Kier alpha value is -3.84. The maximum atomic E-state index is 13.0. The van der Waals surface area contributed by atoms with Crippen molar-refractivity contribution in [1.82, 2.24) is 29.4 Å². The lowest BCUT2D eigenvalue weighted by Crippen LogP contribution is -2.23. The minimum absolute atomic E-state index is 0.307. The summed E-state index contributed by atoms with van der Waals surface area (Å²) in [7, 11) is 0. The molecule has 0 atom stereocenters. The van der Waals surface area contributed by atoms with Crippen molar-refractivity contribution in [2.75, 3.05) is 0 Å². The molecule has 5 aromatic rings. The lowest BCUT2D eigenvalue weighted by atomic mass is 9.98. The predicted molar refractivity (Wildman–Crippen MR) is 130 cm³/mol. The molecule has 0 aliphatic carbocycles. The van der Waals surface area contributed by atoms with Gasteiger partial charge in [0.1, 0.15) is 0 Å². The van der Waals surface area contributed by atoms with E-state index < -0.39 is 0 Å². The molecule has 0 saturated carbocycles. The molecule has 0 spiro atoms. The number of hydrogen-bond acceptors (Lipinski definition) is 5. The number of rotatable bonds is 4. The van der Waals surface area contributed by atoms with Crippen LogP contribution in [0, 0.1) is 6.92 Å². The van der Waals surface area contributed by atoms with Crippen molar-refractivity contribution in [3.63, 3.8) is 0 Å². The number of aryl methyl sites for hydroxylation is 1. The first kappa shape index (κ1) is 22.4. The number of benzene rings is 1. The van der Waals surface area contributed by atoms with Crippen molar-refractivity contribution >= 4 is 17.2 Å². The topological polar surface area (TPSA) is 78.0 Å². The average Bonchev–Trinajstić information content (AvgIpc) is 3.17. The van der Waals surface area contributed by atoms with Crippen LogP contribution in [0.4, 0.5) is 0 Å². The Bertz CT molecular complexity index is 1420. The summed E-state index contributed by atoms with van der Waals surface area (Å²) >= 11 is 6.07. The summed E-state index contributed by atoms with van der Waals surface area (Å²) in [4.78, 5) is 21.4. The Morgan fingerprint density at radius 3 is 2.30 bits per heavy atom. The molecule has 0 amide bonds. The smallest absolute Gasteiger partial charge is 0.265 e. The van der Waals surface area contributed by atoms with Gasteiger partial charge in [-0.05, 0) is 53.9 Å². The molecule has 0 N–H and O–H groups in total. The molecule has 7 nitrogen and oxygen atoms in total. The monoisotopic (exact) mass is 458 g/mol. The van der Waals surface area contributed by atoms with Crippen LogP contribution in [0.25, 0.3) is 27.9 Å². The van der Waals surface area contributed by atoms with Gasteiger partial charge in [0.25, 0.3) is 0 Å². The van der Waals surface area contributed by atoms with Crippen molar-refractivity contribution in [2.45, 2.75) is 27.3 Å². The van der Waals surface area contributed by atoms with E-state index >= 15 is 0 Å². The Morgan fingerprint density at radius 1 is 0.909 bits per heavy atom.